The molecule has 1 aromatic carbocycles. The van der Waals surface area contributed by atoms with Crippen LogP contribution in [0.15, 0.2) is 28.7 Å². The van der Waals surface area contributed by atoms with Gasteiger partial charge in [0.25, 0.3) is 0 Å². The molecule has 4 atom stereocenters. The van der Waals surface area contributed by atoms with Crippen LogP contribution in [-0.4, -0.2) is 46.7 Å². The number of halogens is 5. The van der Waals surface area contributed by atoms with E-state index in [2.05, 4.69) is 38.4 Å². The van der Waals surface area contributed by atoms with Gasteiger partial charge < -0.3 is 11.1 Å². The third-order valence-electron chi connectivity index (χ3n) is 5.01. The molecule has 1 heterocycles. The van der Waals surface area contributed by atoms with Gasteiger partial charge in [-0.1, -0.05) is 46.8 Å². The van der Waals surface area contributed by atoms with E-state index in [1.54, 1.807) is 6.92 Å². The van der Waals surface area contributed by atoms with Crippen LogP contribution in [0.5, 0.6) is 0 Å². The van der Waals surface area contributed by atoms with Gasteiger partial charge >= 0.3 is 6.18 Å². The van der Waals surface area contributed by atoms with Crippen LogP contribution in [0, 0.1) is 11.8 Å². The van der Waals surface area contributed by atoms with Gasteiger partial charge in [0.15, 0.2) is 0 Å². The van der Waals surface area contributed by atoms with E-state index in [9.17, 15) is 27.2 Å². The summed E-state index contributed by atoms with van der Waals surface area (Å²) in [7, 11) is 0. The molecule has 33 heavy (non-hydrogen) atoms. The van der Waals surface area contributed by atoms with Crippen LogP contribution in [0.25, 0.3) is 0 Å². The van der Waals surface area contributed by atoms with E-state index in [0.29, 0.717) is 10.9 Å². The van der Waals surface area contributed by atoms with E-state index >= 15 is 0 Å². The van der Waals surface area contributed by atoms with Gasteiger partial charge in [-0.3, -0.25) is 14.9 Å². The van der Waals surface area contributed by atoms with Crippen molar-refractivity contribution in [2.24, 2.45) is 5.73 Å². The number of hydrogen-bond acceptors (Lipinski definition) is 4. The highest BCUT2D eigenvalue weighted by Crippen LogP contribution is 2.40. The van der Waals surface area contributed by atoms with Crippen LogP contribution in [-0.2, 0) is 15.1 Å². The Morgan fingerprint density at radius 2 is 1.88 bits per heavy atom. The van der Waals surface area contributed by atoms with E-state index in [1.807, 2.05) is 0 Å². The number of carbonyl (C=O) groups is 2. The Hall–Kier alpha value is -1.77. The third kappa shape index (κ3) is 7.11. The Labute approximate surface area is 203 Å². The molecule has 1 unspecified atom stereocenters. The molecule has 182 valence electrons. The molecule has 0 saturated heterocycles. The number of nitrogens with two attached hydrogens (primary N) is 1. The molecule has 1 aliphatic rings. The Bertz CT molecular complexity index is 925. The summed E-state index contributed by atoms with van der Waals surface area (Å²) in [6.07, 6.45) is -5.16. The number of amides is 2. The molecule has 0 aliphatic carbocycles. The van der Waals surface area contributed by atoms with Crippen LogP contribution < -0.4 is 16.4 Å². The lowest BCUT2D eigenvalue weighted by atomic mass is 9.86. The largest absolute Gasteiger partial charge is 0.422 e. The normalized spacial score (nSPS) is 27.0. The second-order valence-electron chi connectivity index (χ2n) is 8.34. The molecule has 4 N–H and O–H groups in total. The van der Waals surface area contributed by atoms with Gasteiger partial charge in [-0.25, -0.2) is 4.39 Å². The fraction of sp³-hybridized carbons (Fsp3) is 0.545. The number of primary amides is 1. The minimum atomic E-state index is -4.97. The number of benzene rings is 1. The highest BCUT2D eigenvalue weighted by atomic mass is 79.9. The molecule has 0 fully saturated rings. The smallest absolute Gasteiger partial charge is 0.368 e. The van der Waals surface area contributed by atoms with Crippen molar-refractivity contribution in [3.8, 4) is 11.8 Å². The topological polar surface area (TPSA) is 84.2 Å². The summed E-state index contributed by atoms with van der Waals surface area (Å²) in [6, 6.07) is 2.55. The molecular weight excluding hydrogens is 526 g/mol. The number of alkyl halides is 4. The third-order valence-corrected chi connectivity index (χ3v) is 6.92. The van der Waals surface area contributed by atoms with Crippen molar-refractivity contribution in [2.75, 3.05) is 5.75 Å². The van der Waals surface area contributed by atoms with Gasteiger partial charge in [0.2, 0.25) is 17.4 Å². The van der Waals surface area contributed by atoms with Crippen LogP contribution in [0.3, 0.4) is 0 Å². The quantitative estimate of drug-likeness (QED) is 0.384. The van der Waals surface area contributed by atoms with E-state index < -0.39 is 53.0 Å². The minimum absolute atomic E-state index is 0.0251. The van der Waals surface area contributed by atoms with Gasteiger partial charge in [0, 0.05) is 16.6 Å². The summed E-state index contributed by atoms with van der Waals surface area (Å²) in [4.78, 5) is 24.9. The van der Waals surface area contributed by atoms with Crippen LogP contribution >= 0.6 is 27.7 Å². The molecule has 0 aromatic heterocycles. The number of thioether (sulfide) groups is 1. The van der Waals surface area contributed by atoms with Crippen LogP contribution in [0.1, 0.15) is 39.2 Å². The van der Waals surface area contributed by atoms with Gasteiger partial charge in [0.05, 0.1) is 11.3 Å². The SMILES string of the molecule is CCC1C#C[C@](c2ccc(Br)cc2)(C(F)(F)F)N[C@@H](CC(C)(C)F)C(=O)N[C@H](C(N)=O)CS1. The first-order valence-electron chi connectivity index (χ1n) is 10.2. The highest BCUT2D eigenvalue weighted by Gasteiger charge is 2.57. The summed E-state index contributed by atoms with van der Waals surface area (Å²) in [6.45, 7) is 4.06. The maximum Gasteiger partial charge on any atom is 0.422 e. The van der Waals surface area contributed by atoms with E-state index in [4.69, 9.17) is 5.73 Å². The second-order valence-corrected chi connectivity index (χ2v) is 10.5. The molecule has 11 heteroatoms. The lowest BCUT2D eigenvalue weighted by Gasteiger charge is -2.37. The van der Waals surface area contributed by atoms with Gasteiger partial charge in [-0.2, -0.15) is 13.2 Å². The fourth-order valence-electron chi connectivity index (χ4n) is 3.29. The molecule has 0 spiro atoms. The van der Waals surface area contributed by atoms with E-state index in [0.717, 1.165) is 25.6 Å². The molecule has 5 nitrogen and oxygen atoms in total. The van der Waals surface area contributed by atoms with Gasteiger partial charge in [-0.05, 0) is 38.0 Å². The van der Waals surface area contributed by atoms with Gasteiger partial charge in [0.1, 0.15) is 11.7 Å². The van der Waals surface area contributed by atoms with Crippen LogP contribution in [0.2, 0.25) is 0 Å². The van der Waals surface area contributed by atoms with Crippen molar-refractivity contribution in [1.82, 2.24) is 10.6 Å². The Balaban J connectivity index is 2.74. The summed E-state index contributed by atoms with van der Waals surface area (Å²) in [5.41, 5.74) is 0.185. The summed E-state index contributed by atoms with van der Waals surface area (Å²) in [5.74, 6) is 3.23. The summed E-state index contributed by atoms with van der Waals surface area (Å²) in [5, 5.41) is 4.15. The fourth-order valence-corrected chi connectivity index (χ4v) is 4.61. The maximum atomic E-state index is 14.7. The van der Waals surface area contributed by atoms with Crippen molar-refractivity contribution < 1.29 is 27.2 Å². The number of hydrogen-bond donors (Lipinski definition) is 3. The average Bonchev–Trinajstić information content (AvgIpc) is 2.71. The lowest BCUT2D eigenvalue weighted by molar-refractivity contribution is -0.185. The van der Waals surface area contributed by atoms with E-state index in [1.165, 1.54) is 24.3 Å². The number of nitrogens with one attached hydrogen (secondary N) is 2. The lowest BCUT2D eigenvalue weighted by Crippen LogP contribution is -2.62. The Kier molecular flexibility index (Phi) is 8.87. The van der Waals surface area contributed by atoms with Crippen LogP contribution in [0.4, 0.5) is 17.6 Å². The number of carbonyl (C=O) groups excluding carboxylic acids is 2. The molecule has 2 amide bonds. The molecule has 1 aliphatic heterocycles. The molecule has 2 rings (SSSR count). The number of rotatable bonds is 5. The zero-order chi connectivity index (χ0) is 25.0. The Morgan fingerprint density at radius 3 is 2.36 bits per heavy atom. The molecular formula is C22H26BrF4N3O2S. The average molecular weight is 552 g/mol. The zero-order valence-electron chi connectivity index (χ0n) is 18.4. The monoisotopic (exact) mass is 551 g/mol. The zero-order valence-corrected chi connectivity index (χ0v) is 20.8. The van der Waals surface area contributed by atoms with Crippen molar-refractivity contribution >= 4 is 39.5 Å². The summed E-state index contributed by atoms with van der Waals surface area (Å²) >= 11 is 4.33. The first-order valence-corrected chi connectivity index (χ1v) is 12.1. The standard InChI is InChI=1S/C22H26BrF4N3O2S/c1-4-15-9-10-21(22(25,26)27,13-5-7-14(23)8-6-13)30-16(11-20(2,3)24)19(32)29-17(12-33-15)18(28)31/h5-8,15-17,30H,4,11-12H2,1-3H3,(H2,28,31)(H,29,32)/t15?,16-,17-,21-/m0/s1. The summed E-state index contributed by atoms with van der Waals surface area (Å²) < 4.78 is 59.3. The first-order chi connectivity index (χ1) is 15.2. The predicted molar refractivity (Wildman–Crippen MR) is 124 cm³/mol. The first kappa shape index (κ1) is 27.5. The molecule has 0 radical (unpaired) electrons. The van der Waals surface area contributed by atoms with Gasteiger partial charge in [-0.15, -0.1) is 11.8 Å². The Morgan fingerprint density at radius 1 is 1.27 bits per heavy atom. The highest BCUT2D eigenvalue weighted by molar-refractivity contribution is 9.10. The molecule has 0 saturated carbocycles. The minimum Gasteiger partial charge on any atom is -0.368 e. The van der Waals surface area contributed by atoms with Crippen molar-refractivity contribution in [3.05, 3.63) is 34.3 Å². The van der Waals surface area contributed by atoms with E-state index in [-0.39, 0.29) is 11.3 Å². The second kappa shape index (κ2) is 10.7. The molecule has 1 aromatic rings. The molecule has 0 bridgehead atoms. The predicted octanol–water partition coefficient (Wildman–Crippen LogP) is 3.80. The van der Waals surface area contributed by atoms with Crippen molar-refractivity contribution in [3.63, 3.8) is 0 Å². The maximum absolute atomic E-state index is 14.7. The van der Waals surface area contributed by atoms with Crippen molar-refractivity contribution in [1.29, 1.82) is 0 Å². The van der Waals surface area contributed by atoms with Crippen molar-refractivity contribution in [2.45, 2.75) is 68.3 Å².